The predicted molar refractivity (Wildman–Crippen MR) is 37.7 cm³/mol. The first-order valence-corrected chi connectivity index (χ1v) is 3.41. The Balaban J connectivity index is 0.000000180. The van der Waals surface area contributed by atoms with Gasteiger partial charge in [0, 0.05) is 6.92 Å². The van der Waals surface area contributed by atoms with E-state index in [0.29, 0.717) is 5.92 Å². The second kappa shape index (κ2) is 4.28. The van der Waals surface area contributed by atoms with Crippen molar-refractivity contribution in [2.24, 2.45) is 5.92 Å². The lowest BCUT2D eigenvalue weighted by atomic mass is 10.3. The molecule has 0 saturated heterocycles. The third-order valence-corrected chi connectivity index (χ3v) is 1.30. The van der Waals surface area contributed by atoms with E-state index >= 15 is 0 Å². The van der Waals surface area contributed by atoms with Crippen molar-refractivity contribution in [2.45, 2.75) is 32.8 Å². The minimum Gasteiger partial charge on any atom is -0.481 e. The average molecular weight is 146 g/mol. The third-order valence-electron chi connectivity index (χ3n) is 1.30. The van der Waals surface area contributed by atoms with Crippen LogP contribution in [0.15, 0.2) is 0 Å². The van der Waals surface area contributed by atoms with Gasteiger partial charge in [0.05, 0.1) is 6.10 Å². The van der Waals surface area contributed by atoms with Crippen molar-refractivity contribution < 1.29 is 15.0 Å². The Morgan fingerprint density at radius 3 is 1.90 bits per heavy atom. The van der Waals surface area contributed by atoms with Crippen molar-refractivity contribution in [1.82, 2.24) is 0 Å². The van der Waals surface area contributed by atoms with Crippen molar-refractivity contribution in [3.05, 3.63) is 0 Å². The molecule has 2 N–H and O–H groups in total. The predicted octanol–water partition coefficient (Wildman–Crippen LogP) is 0.868. The van der Waals surface area contributed by atoms with Crippen LogP contribution in [0.5, 0.6) is 0 Å². The Bertz CT molecular complexity index is 101. The molecule has 0 aromatic rings. The molecule has 0 aromatic carbocycles. The molecule has 1 fully saturated rings. The fraction of sp³-hybridized carbons (Fsp3) is 0.857. The van der Waals surface area contributed by atoms with E-state index in [4.69, 9.17) is 15.0 Å². The molecule has 0 amide bonds. The van der Waals surface area contributed by atoms with Crippen molar-refractivity contribution >= 4 is 5.97 Å². The molecule has 0 bridgehead atoms. The summed E-state index contributed by atoms with van der Waals surface area (Å²) in [5.41, 5.74) is 0. The molecule has 1 atom stereocenters. The van der Waals surface area contributed by atoms with Crippen LogP contribution in [-0.2, 0) is 4.79 Å². The zero-order valence-corrected chi connectivity index (χ0v) is 6.37. The van der Waals surface area contributed by atoms with Gasteiger partial charge in [-0.05, 0) is 25.7 Å². The first kappa shape index (κ1) is 9.43. The summed E-state index contributed by atoms with van der Waals surface area (Å²) in [6.07, 6.45) is 2.46. The zero-order chi connectivity index (χ0) is 8.15. The molecule has 1 unspecified atom stereocenters. The van der Waals surface area contributed by atoms with Gasteiger partial charge in [0.15, 0.2) is 0 Å². The molecule has 0 aliphatic heterocycles. The molecule has 0 spiro atoms. The van der Waals surface area contributed by atoms with Crippen LogP contribution >= 0.6 is 0 Å². The first-order chi connectivity index (χ1) is 4.54. The van der Waals surface area contributed by atoms with Gasteiger partial charge < -0.3 is 10.2 Å². The summed E-state index contributed by atoms with van der Waals surface area (Å²) in [6.45, 7) is 2.94. The van der Waals surface area contributed by atoms with Crippen molar-refractivity contribution in [3.8, 4) is 0 Å². The lowest BCUT2D eigenvalue weighted by Gasteiger charge is -1.93. The molecule has 0 radical (unpaired) electrons. The van der Waals surface area contributed by atoms with Crippen LogP contribution in [-0.4, -0.2) is 22.3 Å². The SMILES string of the molecule is CC(=O)O.CC(O)C1CC1. The van der Waals surface area contributed by atoms with Gasteiger partial charge in [0.25, 0.3) is 5.97 Å². The maximum absolute atomic E-state index is 9.00. The zero-order valence-electron chi connectivity index (χ0n) is 6.37. The van der Waals surface area contributed by atoms with Crippen LogP contribution < -0.4 is 0 Å². The van der Waals surface area contributed by atoms with Crippen molar-refractivity contribution in [2.75, 3.05) is 0 Å². The summed E-state index contributed by atoms with van der Waals surface area (Å²) in [5.74, 6) is -0.176. The molecule has 1 aliphatic rings. The van der Waals surface area contributed by atoms with Crippen LogP contribution in [0.1, 0.15) is 26.7 Å². The normalized spacial score (nSPS) is 18.7. The minimum absolute atomic E-state index is 0.0370. The Morgan fingerprint density at radius 1 is 1.60 bits per heavy atom. The highest BCUT2D eigenvalue weighted by Gasteiger charge is 2.25. The quantitative estimate of drug-likeness (QED) is 0.577. The fourth-order valence-corrected chi connectivity index (χ4v) is 0.579. The molecule has 1 rings (SSSR count). The number of rotatable bonds is 1. The van der Waals surface area contributed by atoms with E-state index < -0.39 is 5.97 Å². The van der Waals surface area contributed by atoms with E-state index in [-0.39, 0.29) is 6.10 Å². The number of aliphatic carboxylic acids is 1. The van der Waals surface area contributed by atoms with Crippen LogP contribution in [0.4, 0.5) is 0 Å². The molecule has 10 heavy (non-hydrogen) atoms. The van der Waals surface area contributed by atoms with Crippen molar-refractivity contribution in [1.29, 1.82) is 0 Å². The number of aliphatic hydroxyl groups is 1. The molecule has 60 valence electrons. The number of hydrogen-bond acceptors (Lipinski definition) is 2. The van der Waals surface area contributed by atoms with Crippen LogP contribution in [0.3, 0.4) is 0 Å². The van der Waals surface area contributed by atoms with Gasteiger partial charge in [-0.3, -0.25) is 4.79 Å². The molecular weight excluding hydrogens is 132 g/mol. The Labute approximate surface area is 60.7 Å². The van der Waals surface area contributed by atoms with Crippen molar-refractivity contribution in [3.63, 3.8) is 0 Å². The van der Waals surface area contributed by atoms with E-state index in [2.05, 4.69) is 0 Å². The lowest BCUT2D eigenvalue weighted by Crippen LogP contribution is -1.99. The highest BCUT2D eigenvalue weighted by Crippen LogP contribution is 2.31. The second-order valence-corrected chi connectivity index (χ2v) is 2.60. The van der Waals surface area contributed by atoms with Gasteiger partial charge in [0.1, 0.15) is 0 Å². The number of hydrogen-bond donors (Lipinski definition) is 2. The molecule has 0 aromatic heterocycles. The first-order valence-electron chi connectivity index (χ1n) is 3.41. The molecule has 1 aliphatic carbocycles. The summed E-state index contributed by atoms with van der Waals surface area (Å²) in [5, 5.41) is 16.1. The third kappa shape index (κ3) is 7.43. The summed E-state index contributed by atoms with van der Waals surface area (Å²) < 4.78 is 0. The topological polar surface area (TPSA) is 57.5 Å². The van der Waals surface area contributed by atoms with Gasteiger partial charge >= 0.3 is 0 Å². The molecule has 1 saturated carbocycles. The number of carboxylic acid groups (broad SMARTS) is 1. The Hall–Kier alpha value is -0.570. The summed E-state index contributed by atoms with van der Waals surface area (Å²) in [6, 6.07) is 0. The average Bonchev–Trinajstić information content (AvgIpc) is 2.38. The maximum atomic E-state index is 9.00. The fourth-order valence-electron chi connectivity index (χ4n) is 0.579. The monoisotopic (exact) mass is 146 g/mol. The van der Waals surface area contributed by atoms with Gasteiger partial charge in [-0.15, -0.1) is 0 Å². The highest BCUT2D eigenvalue weighted by molar-refractivity contribution is 5.62. The van der Waals surface area contributed by atoms with E-state index in [1.54, 1.807) is 0 Å². The minimum atomic E-state index is -0.833. The maximum Gasteiger partial charge on any atom is 0.300 e. The van der Waals surface area contributed by atoms with Crippen LogP contribution in [0, 0.1) is 5.92 Å². The van der Waals surface area contributed by atoms with E-state index in [0.717, 1.165) is 6.92 Å². The van der Waals surface area contributed by atoms with Gasteiger partial charge in [0.2, 0.25) is 0 Å². The van der Waals surface area contributed by atoms with E-state index in [1.807, 2.05) is 6.92 Å². The van der Waals surface area contributed by atoms with Gasteiger partial charge in [-0.2, -0.15) is 0 Å². The smallest absolute Gasteiger partial charge is 0.300 e. The lowest BCUT2D eigenvalue weighted by molar-refractivity contribution is -0.134. The van der Waals surface area contributed by atoms with E-state index in [9.17, 15) is 0 Å². The molecular formula is C7H14O3. The number of carbonyl (C=O) groups is 1. The molecule has 3 heteroatoms. The molecule has 0 heterocycles. The standard InChI is InChI=1S/C5H10O.C2H4O2/c1-4(6)5-2-3-5;1-2(3)4/h4-6H,2-3H2,1H3;1H3,(H,3,4). The number of aliphatic hydroxyl groups excluding tert-OH is 1. The Morgan fingerprint density at radius 2 is 1.90 bits per heavy atom. The van der Waals surface area contributed by atoms with Gasteiger partial charge in [-0.25, -0.2) is 0 Å². The summed E-state index contributed by atoms with van der Waals surface area (Å²) in [7, 11) is 0. The van der Waals surface area contributed by atoms with E-state index in [1.165, 1.54) is 12.8 Å². The largest absolute Gasteiger partial charge is 0.481 e. The number of carboxylic acids is 1. The molecule has 3 nitrogen and oxygen atoms in total. The Kier molecular flexibility index (Phi) is 4.03. The summed E-state index contributed by atoms with van der Waals surface area (Å²) >= 11 is 0. The van der Waals surface area contributed by atoms with Gasteiger partial charge in [-0.1, -0.05) is 0 Å². The highest BCUT2D eigenvalue weighted by atomic mass is 16.4. The second-order valence-electron chi connectivity index (χ2n) is 2.60. The van der Waals surface area contributed by atoms with Crippen LogP contribution in [0.25, 0.3) is 0 Å². The van der Waals surface area contributed by atoms with Crippen LogP contribution in [0.2, 0.25) is 0 Å². The summed E-state index contributed by atoms with van der Waals surface area (Å²) in [4.78, 5) is 9.00.